The van der Waals surface area contributed by atoms with Crippen molar-refractivity contribution in [2.24, 2.45) is 5.73 Å². The predicted molar refractivity (Wildman–Crippen MR) is 52.8 cm³/mol. The highest BCUT2D eigenvalue weighted by atomic mass is 16.5. The number of anilines is 1. The van der Waals surface area contributed by atoms with E-state index in [1.807, 2.05) is 6.92 Å². The monoisotopic (exact) mass is 197 g/mol. The highest BCUT2D eigenvalue weighted by molar-refractivity contribution is 5.93. The Morgan fingerprint density at radius 1 is 1.79 bits per heavy atom. The van der Waals surface area contributed by atoms with Gasteiger partial charge >= 0.3 is 0 Å². The Balaban J connectivity index is 2.48. The molecule has 5 heteroatoms. The Hall–Kier alpha value is -1.36. The summed E-state index contributed by atoms with van der Waals surface area (Å²) in [7, 11) is 0. The third-order valence-electron chi connectivity index (χ3n) is 1.81. The van der Waals surface area contributed by atoms with Crippen molar-refractivity contribution in [2.75, 3.05) is 5.32 Å². The van der Waals surface area contributed by atoms with E-state index in [0.29, 0.717) is 12.3 Å². The third-order valence-corrected chi connectivity index (χ3v) is 1.81. The van der Waals surface area contributed by atoms with Crippen molar-refractivity contribution in [1.29, 1.82) is 0 Å². The van der Waals surface area contributed by atoms with E-state index in [0.717, 1.165) is 12.1 Å². The van der Waals surface area contributed by atoms with Gasteiger partial charge in [-0.05, 0) is 13.3 Å². The molecule has 5 nitrogen and oxygen atoms in total. The van der Waals surface area contributed by atoms with Crippen LogP contribution in [0.15, 0.2) is 10.6 Å². The molecule has 0 spiro atoms. The van der Waals surface area contributed by atoms with Crippen molar-refractivity contribution >= 4 is 11.8 Å². The van der Waals surface area contributed by atoms with Gasteiger partial charge in [0.05, 0.1) is 11.7 Å². The zero-order valence-electron chi connectivity index (χ0n) is 8.41. The molecule has 0 aliphatic carbocycles. The van der Waals surface area contributed by atoms with Gasteiger partial charge in [0.15, 0.2) is 0 Å². The van der Waals surface area contributed by atoms with Crippen molar-refractivity contribution in [1.82, 2.24) is 5.16 Å². The number of rotatable bonds is 4. The summed E-state index contributed by atoms with van der Waals surface area (Å²) >= 11 is 0. The average Bonchev–Trinajstić information content (AvgIpc) is 2.51. The lowest BCUT2D eigenvalue weighted by Crippen LogP contribution is -2.35. The molecule has 0 aliphatic heterocycles. The van der Waals surface area contributed by atoms with Gasteiger partial charge in [-0.15, -0.1) is 0 Å². The smallest absolute Gasteiger partial charge is 0.243 e. The van der Waals surface area contributed by atoms with E-state index in [2.05, 4.69) is 10.5 Å². The molecule has 0 radical (unpaired) electrons. The molecule has 0 fully saturated rings. The van der Waals surface area contributed by atoms with Crippen LogP contribution in [0.25, 0.3) is 0 Å². The number of nitrogens with two attached hydrogens (primary N) is 1. The van der Waals surface area contributed by atoms with Gasteiger partial charge < -0.3 is 10.3 Å². The molecule has 1 rings (SSSR count). The van der Waals surface area contributed by atoms with Crippen molar-refractivity contribution in [2.45, 2.75) is 32.7 Å². The average molecular weight is 197 g/mol. The third kappa shape index (κ3) is 2.85. The topological polar surface area (TPSA) is 81.2 Å². The van der Waals surface area contributed by atoms with Crippen molar-refractivity contribution < 1.29 is 9.32 Å². The first kappa shape index (κ1) is 10.7. The second-order valence-corrected chi connectivity index (χ2v) is 3.22. The van der Waals surface area contributed by atoms with Gasteiger partial charge in [-0.1, -0.05) is 18.5 Å². The second kappa shape index (κ2) is 4.76. The fourth-order valence-corrected chi connectivity index (χ4v) is 1.08. The van der Waals surface area contributed by atoms with Crippen LogP contribution in [0, 0.1) is 6.92 Å². The molecule has 1 aromatic heterocycles. The molecule has 1 atom stereocenters. The summed E-state index contributed by atoms with van der Waals surface area (Å²) in [4.78, 5) is 11.4. The van der Waals surface area contributed by atoms with E-state index in [1.54, 1.807) is 13.0 Å². The van der Waals surface area contributed by atoms with Crippen LogP contribution in [-0.4, -0.2) is 17.1 Å². The lowest BCUT2D eigenvalue weighted by atomic mass is 10.2. The van der Waals surface area contributed by atoms with Crippen molar-refractivity contribution in [3.63, 3.8) is 0 Å². The molecule has 3 N–H and O–H groups in total. The number of carbonyl (C=O) groups excluding carboxylic acids is 1. The molecule has 0 saturated heterocycles. The Kier molecular flexibility index (Phi) is 3.64. The van der Waals surface area contributed by atoms with Gasteiger partial charge in [0.1, 0.15) is 0 Å². The molecular formula is C9H15N3O2. The molecular weight excluding hydrogens is 182 g/mol. The maximum Gasteiger partial charge on any atom is 0.243 e. The number of hydrogen-bond donors (Lipinski definition) is 2. The van der Waals surface area contributed by atoms with Gasteiger partial charge in [0.25, 0.3) is 0 Å². The summed E-state index contributed by atoms with van der Waals surface area (Å²) in [6.07, 6.45) is 1.54. The first-order valence-electron chi connectivity index (χ1n) is 4.63. The molecule has 0 aliphatic rings. The molecule has 78 valence electrons. The summed E-state index contributed by atoms with van der Waals surface area (Å²) in [5, 5.41) is 6.20. The van der Waals surface area contributed by atoms with Crippen LogP contribution in [-0.2, 0) is 4.79 Å². The molecule has 14 heavy (non-hydrogen) atoms. The molecule has 1 amide bonds. The predicted octanol–water partition coefficient (Wildman–Crippen LogP) is 1.05. The van der Waals surface area contributed by atoms with Crippen LogP contribution in [0.4, 0.5) is 5.88 Å². The van der Waals surface area contributed by atoms with E-state index in [9.17, 15) is 4.79 Å². The fraction of sp³-hybridized carbons (Fsp3) is 0.556. The Labute approximate surface area is 82.6 Å². The number of carbonyl (C=O) groups is 1. The van der Waals surface area contributed by atoms with Crippen LogP contribution in [0.5, 0.6) is 0 Å². The van der Waals surface area contributed by atoms with Crippen molar-refractivity contribution in [3.8, 4) is 0 Å². The molecule has 0 unspecified atom stereocenters. The summed E-state index contributed by atoms with van der Waals surface area (Å²) < 4.78 is 4.83. The molecule has 0 saturated carbocycles. The lowest BCUT2D eigenvalue weighted by Gasteiger charge is -2.08. The maximum atomic E-state index is 11.4. The quantitative estimate of drug-likeness (QED) is 0.755. The van der Waals surface area contributed by atoms with Crippen LogP contribution in [0.1, 0.15) is 25.5 Å². The van der Waals surface area contributed by atoms with E-state index in [-0.39, 0.29) is 5.91 Å². The first-order valence-corrected chi connectivity index (χ1v) is 4.63. The zero-order chi connectivity index (χ0) is 10.6. The van der Waals surface area contributed by atoms with Gasteiger partial charge in [0, 0.05) is 6.07 Å². The molecule has 0 aromatic carbocycles. The van der Waals surface area contributed by atoms with E-state index in [1.165, 1.54) is 0 Å². The second-order valence-electron chi connectivity index (χ2n) is 3.22. The lowest BCUT2D eigenvalue weighted by molar-refractivity contribution is -0.117. The van der Waals surface area contributed by atoms with E-state index in [4.69, 9.17) is 10.3 Å². The minimum absolute atomic E-state index is 0.233. The van der Waals surface area contributed by atoms with Gasteiger partial charge in [-0.2, -0.15) is 0 Å². The summed E-state index contributed by atoms with van der Waals surface area (Å²) in [6, 6.07) is 1.17. The Bertz CT molecular complexity index is 309. The SMILES string of the molecule is CCC[C@@H](N)C(=O)Nc1cc(C)no1. The van der Waals surface area contributed by atoms with Crippen LogP contribution in [0.2, 0.25) is 0 Å². The minimum Gasteiger partial charge on any atom is -0.338 e. The summed E-state index contributed by atoms with van der Waals surface area (Å²) in [5.74, 6) is 0.113. The number of nitrogens with one attached hydrogen (secondary N) is 1. The number of aryl methyl sites for hydroxylation is 1. The van der Waals surface area contributed by atoms with Gasteiger partial charge in [-0.3, -0.25) is 10.1 Å². The minimum atomic E-state index is -0.481. The van der Waals surface area contributed by atoms with Crippen LogP contribution < -0.4 is 11.1 Å². The Morgan fingerprint density at radius 2 is 2.50 bits per heavy atom. The molecule has 1 heterocycles. The van der Waals surface area contributed by atoms with Crippen LogP contribution >= 0.6 is 0 Å². The highest BCUT2D eigenvalue weighted by Gasteiger charge is 2.13. The highest BCUT2D eigenvalue weighted by Crippen LogP contribution is 2.08. The van der Waals surface area contributed by atoms with E-state index < -0.39 is 6.04 Å². The molecule has 1 aromatic rings. The normalized spacial score (nSPS) is 12.5. The van der Waals surface area contributed by atoms with Crippen LogP contribution in [0.3, 0.4) is 0 Å². The Morgan fingerprint density at radius 3 is 3.00 bits per heavy atom. The van der Waals surface area contributed by atoms with Gasteiger partial charge in [-0.25, -0.2) is 0 Å². The van der Waals surface area contributed by atoms with Gasteiger partial charge in [0.2, 0.25) is 11.8 Å². The first-order chi connectivity index (χ1) is 6.63. The zero-order valence-corrected chi connectivity index (χ0v) is 8.41. The summed E-state index contributed by atoms with van der Waals surface area (Å²) in [6.45, 7) is 3.76. The largest absolute Gasteiger partial charge is 0.338 e. The maximum absolute atomic E-state index is 11.4. The number of aromatic nitrogens is 1. The van der Waals surface area contributed by atoms with E-state index >= 15 is 0 Å². The molecule has 0 bridgehead atoms. The fourth-order valence-electron chi connectivity index (χ4n) is 1.08. The van der Waals surface area contributed by atoms with Crippen molar-refractivity contribution in [3.05, 3.63) is 11.8 Å². The summed E-state index contributed by atoms with van der Waals surface area (Å²) in [5.41, 5.74) is 6.33. The number of amides is 1. The number of hydrogen-bond acceptors (Lipinski definition) is 4. The standard InChI is InChI=1S/C9H15N3O2/c1-3-4-7(10)9(13)11-8-5-6(2)12-14-8/h5,7H,3-4,10H2,1-2H3,(H,11,13)/t7-/m1/s1. The number of nitrogens with zero attached hydrogens (tertiary/aromatic N) is 1.